The van der Waals surface area contributed by atoms with E-state index in [-0.39, 0.29) is 35.5 Å². The van der Waals surface area contributed by atoms with E-state index in [1.165, 1.54) is 0 Å². The fraction of sp³-hybridized carbons (Fsp3) is 0.286. The van der Waals surface area contributed by atoms with Crippen molar-refractivity contribution >= 4 is 23.9 Å². The minimum atomic E-state index is -0.932. The number of rotatable bonds is 2. The molecule has 2 aliphatic heterocycles. The van der Waals surface area contributed by atoms with Crippen molar-refractivity contribution in [2.45, 2.75) is 13.2 Å². The fourth-order valence-electron chi connectivity index (χ4n) is 2.65. The molecule has 0 aliphatic carbocycles. The van der Waals surface area contributed by atoms with E-state index in [0.717, 1.165) is 14.2 Å². The van der Waals surface area contributed by atoms with Crippen molar-refractivity contribution in [3.8, 4) is 0 Å². The summed E-state index contributed by atoms with van der Waals surface area (Å²) in [6, 6.07) is 0. The summed E-state index contributed by atoms with van der Waals surface area (Å²) in [4.78, 5) is 48.0. The van der Waals surface area contributed by atoms with E-state index < -0.39 is 23.9 Å². The summed E-state index contributed by atoms with van der Waals surface area (Å²) in [5.41, 5.74) is -0.0969. The predicted octanol–water partition coefficient (Wildman–Crippen LogP) is 0.601. The zero-order valence-electron chi connectivity index (χ0n) is 11.7. The first-order valence-electron chi connectivity index (χ1n) is 6.23. The predicted molar refractivity (Wildman–Crippen MR) is 67.4 cm³/mol. The fourth-order valence-corrected chi connectivity index (χ4v) is 2.65. The van der Waals surface area contributed by atoms with Crippen LogP contribution in [0.25, 0.3) is 0 Å². The molecule has 0 aromatic heterocycles. The number of carbonyl (C=O) groups is 4. The summed E-state index contributed by atoms with van der Waals surface area (Å²) >= 11 is 0. The molecule has 0 N–H and O–H groups in total. The highest BCUT2D eigenvalue weighted by Gasteiger charge is 2.42. The van der Waals surface area contributed by atoms with Gasteiger partial charge in [0.2, 0.25) is 0 Å². The molecule has 0 fully saturated rings. The highest BCUT2D eigenvalue weighted by atomic mass is 16.5. The van der Waals surface area contributed by atoms with Crippen LogP contribution >= 0.6 is 0 Å². The number of hydrogen-bond acceptors (Lipinski definition) is 8. The van der Waals surface area contributed by atoms with E-state index in [1.807, 2.05) is 0 Å². The molecule has 0 saturated heterocycles. The van der Waals surface area contributed by atoms with Crippen molar-refractivity contribution in [2.75, 3.05) is 14.2 Å². The summed E-state index contributed by atoms with van der Waals surface area (Å²) in [5.74, 6) is -3.39. The molecule has 1 aromatic carbocycles. The first-order chi connectivity index (χ1) is 10.5. The van der Waals surface area contributed by atoms with E-state index in [2.05, 4.69) is 9.47 Å². The van der Waals surface area contributed by atoms with Gasteiger partial charge in [-0.25, -0.2) is 19.2 Å². The van der Waals surface area contributed by atoms with Crippen molar-refractivity contribution in [1.82, 2.24) is 0 Å². The van der Waals surface area contributed by atoms with Gasteiger partial charge in [0.25, 0.3) is 0 Å². The van der Waals surface area contributed by atoms with E-state index in [9.17, 15) is 19.2 Å². The Balaban J connectivity index is 2.46. The van der Waals surface area contributed by atoms with Crippen molar-refractivity contribution in [3.05, 3.63) is 33.4 Å². The van der Waals surface area contributed by atoms with Gasteiger partial charge in [0.05, 0.1) is 36.5 Å². The number of hydrogen-bond donors (Lipinski definition) is 0. The maximum absolute atomic E-state index is 12.1. The van der Waals surface area contributed by atoms with Crippen LogP contribution in [-0.4, -0.2) is 38.1 Å². The van der Waals surface area contributed by atoms with E-state index in [4.69, 9.17) is 9.47 Å². The highest BCUT2D eigenvalue weighted by Crippen LogP contribution is 2.38. The highest BCUT2D eigenvalue weighted by molar-refractivity contribution is 6.17. The third-order valence-corrected chi connectivity index (χ3v) is 3.60. The average molecular weight is 306 g/mol. The number of benzene rings is 1. The summed E-state index contributed by atoms with van der Waals surface area (Å²) in [7, 11) is 2.20. The lowest BCUT2D eigenvalue weighted by Gasteiger charge is -2.13. The second-order valence-corrected chi connectivity index (χ2v) is 4.59. The quantitative estimate of drug-likeness (QED) is 0.577. The van der Waals surface area contributed by atoms with Gasteiger partial charge in [0.15, 0.2) is 0 Å². The standard InChI is InChI=1S/C14H10O8/c1-19-11(15)9-7-5(3-21-13(7)17)6-4-22-14(18)8(6)10(9)12(16)20-2/h3-4H2,1-2H3. The van der Waals surface area contributed by atoms with Crippen LogP contribution in [0.5, 0.6) is 0 Å². The van der Waals surface area contributed by atoms with Gasteiger partial charge in [-0.15, -0.1) is 0 Å². The SMILES string of the molecule is COC(=O)c1c2c(c3c(c1C(=O)OC)C(=O)OC3)COC2=O. The number of carbonyl (C=O) groups excluding carboxylic acids is 4. The van der Waals surface area contributed by atoms with Crippen molar-refractivity contribution in [3.63, 3.8) is 0 Å². The lowest BCUT2D eigenvalue weighted by atomic mass is 9.88. The second-order valence-electron chi connectivity index (χ2n) is 4.59. The Labute approximate surface area is 123 Å². The zero-order valence-corrected chi connectivity index (χ0v) is 11.7. The number of esters is 4. The molecule has 0 spiro atoms. The molecule has 0 radical (unpaired) electrons. The molecule has 0 unspecified atom stereocenters. The molecular weight excluding hydrogens is 296 g/mol. The molecule has 114 valence electrons. The molecule has 2 aliphatic rings. The Bertz CT molecular complexity index is 683. The molecule has 2 heterocycles. The maximum atomic E-state index is 12.1. The second kappa shape index (κ2) is 4.83. The van der Waals surface area contributed by atoms with Gasteiger partial charge in [-0.05, 0) is 0 Å². The third kappa shape index (κ3) is 1.70. The Morgan fingerprint density at radius 3 is 1.50 bits per heavy atom. The van der Waals surface area contributed by atoms with Crippen molar-refractivity contribution < 1.29 is 38.1 Å². The first-order valence-corrected chi connectivity index (χ1v) is 6.23. The molecule has 22 heavy (non-hydrogen) atoms. The molecular formula is C14H10O8. The Hall–Kier alpha value is -2.90. The van der Waals surface area contributed by atoms with E-state index in [0.29, 0.717) is 11.1 Å². The van der Waals surface area contributed by atoms with Crippen LogP contribution in [0.1, 0.15) is 52.6 Å². The van der Waals surface area contributed by atoms with E-state index >= 15 is 0 Å². The Kier molecular flexibility index (Phi) is 3.09. The third-order valence-electron chi connectivity index (χ3n) is 3.60. The Morgan fingerprint density at radius 2 is 1.18 bits per heavy atom. The monoisotopic (exact) mass is 306 g/mol. The number of fused-ring (bicyclic) bond motifs is 3. The molecule has 8 nitrogen and oxygen atoms in total. The lowest BCUT2D eigenvalue weighted by Crippen LogP contribution is -2.21. The molecule has 1 aromatic rings. The van der Waals surface area contributed by atoms with Crippen LogP contribution in [0.3, 0.4) is 0 Å². The first kappa shape index (κ1) is 14.1. The summed E-state index contributed by atoms with van der Waals surface area (Å²) < 4.78 is 19.1. The molecule has 0 amide bonds. The van der Waals surface area contributed by atoms with Crippen LogP contribution < -0.4 is 0 Å². The lowest BCUT2D eigenvalue weighted by molar-refractivity contribution is 0.0493. The largest absolute Gasteiger partial charge is 0.465 e. The minimum Gasteiger partial charge on any atom is -0.465 e. The summed E-state index contributed by atoms with van der Waals surface area (Å²) in [6.45, 7) is -0.197. The van der Waals surface area contributed by atoms with Gasteiger partial charge in [0, 0.05) is 11.1 Å². The van der Waals surface area contributed by atoms with Crippen LogP contribution in [0, 0.1) is 0 Å². The Morgan fingerprint density at radius 1 is 0.818 bits per heavy atom. The van der Waals surface area contributed by atoms with Gasteiger partial charge in [-0.3, -0.25) is 0 Å². The molecule has 0 saturated carbocycles. The van der Waals surface area contributed by atoms with Gasteiger partial charge in [-0.1, -0.05) is 0 Å². The molecule has 3 rings (SSSR count). The normalized spacial score (nSPS) is 14.8. The van der Waals surface area contributed by atoms with Gasteiger partial charge < -0.3 is 18.9 Å². The van der Waals surface area contributed by atoms with Gasteiger partial charge >= 0.3 is 23.9 Å². The molecule has 0 atom stereocenters. The smallest absolute Gasteiger partial charge is 0.339 e. The van der Waals surface area contributed by atoms with Crippen LogP contribution in [-0.2, 0) is 32.2 Å². The molecule has 8 heteroatoms. The number of methoxy groups -OCH3 is 2. The topological polar surface area (TPSA) is 105 Å². The van der Waals surface area contributed by atoms with Gasteiger partial charge in [-0.2, -0.15) is 0 Å². The van der Waals surface area contributed by atoms with Crippen LogP contribution in [0.15, 0.2) is 0 Å². The van der Waals surface area contributed by atoms with Crippen LogP contribution in [0.2, 0.25) is 0 Å². The summed E-state index contributed by atoms with van der Waals surface area (Å²) in [5, 5.41) is 0. The number of cyclic esters (lactones) is 2. The maximum Gasteiger partial charge on any atom is 0.339 e. The average Bonchev–Trinajstić information content (AvgIpc) is 3.08. The number of ether oxygens (including phenoxy) is 4. The minimum absolute atomic E-state index is 0.0794. The van der Waals surface area contributed by atoms with Gasteiger partial charge in [0.1, 0.15) is 13.2 Å². The zero-order chi connectivity index (χ0) is 16.0. The van der Waals surface area contributed by atoms with E-state index in [1.54, 1.807) is 0 Å². The van der Waals surface area contributed by atoms with Crippen molar-refractivity contribution in [1.29, 1.82) is 0 Å². The van der Waals surface area contributed by atoms with Crippen molar-refractivity contribution in [2.24, 2.45) is 0 Å². The summed E-state index contributed by atoms with van der Waals surface area (Å²) in [6.07, 6.45) is 0. The van der Waals surface area contributed by atoms with Crippen LogP contribution in [0.4, 0.5) is 0 Å². The molecule has 0 bridgehead atoms.